The van der Waals surface area contributed by atoms with E-state index in [9.17, 15) is 5.11 Å². The molecule has 1 nitrogen and oxygen atoms in total. The van der Waals surface area contributed by atoms with E-state index in [2.05, 4.69) is 47.3 Å². The Kier molecular flexibility index (Phi) is 5.86. The predicted octanol–water partition coefficient (Wildman–Crippen LogP) is 7.55. The van der Waals surface area contributed by atoms with Crippen molar-refractivity contribution in [2.75, 3.05) is 0 Å². The molecule has 9 atom stereocenters. The second kappa shape index (κ2) is 7.85. The molecule has 4 rings (SSSR count). The summed E-state index contributed by atoms with van der Waals surface area (Å²) in [6, 6.07) is 0. The maximum atomic E-state index is 10.2. The van der Waals surface area contributed by atoms with Gasteiger partial charge in [-0.15, -0.1) is 0 Å². The van der Waals surface area contributed by atoms with Gasteiger partial charge in [0.2, 0.25) is 0 Å². The Morgan fingerprint density at radius 2 is 1.76 bits per heavy atom. The van der Waals surface area contributed by atoms with Crippen LogP contribution in [0.1, 0.15) is 98.8 Å². The van der Waals surface area contributed by atoms with E-state index in [1.54, 1.807) is 0 Å². The highest BCUT2D eigenvalue weighted by Crippen LogP contribution is 2.66. The molecule has 0 aromatic rings. The summed E-state index contributed by atoms with van der Waals surface area (Å²) >= 11 is 0. The third-order valence-corrected chi connectivity index (χ3v) is 10.7. The summed E-state index contributed by atoms with van der Waals surface area (Å²) in [7, 11) is 0. The first-order chi connectivity index (χ1) is 13.7. The zero-order valence-corrected chi connectivity index (χ0v) is 19.8. The van der Waals surface area contributed by atoms with Gasteiger partial charge in [-0.05, 0) is 117 Å². The van der Waals surface area contributed by atoms with Crippen LogP contribution in [0.3, 0.4) is 0 Å². The van der Waals surface area contributed by atoms with Crippen molar-refractivity contribution in [2.45, 2.75) is 105 Å². The number of allylic oxidation sites excluding steroid dienone is 3. The van der Waals surface area contributed by atoms with E-state index in [1.807, 2.05) is 5.57 Å². The average Bonchev–Trinajstić information content (AvgIpc) is 3.03. The van der Waals surface area contributed by atoms with Crippen molar-refractivity contribution in [3.63, 3.8) is 0 Å². The second-order valence-corrected chi connectivity index (χ2v) is 12.2. The lowest BCUT2D eigenvalue weighted by Gasteiger charge is -2.57. The van der Waals surface area contributed by atoms with E-state index in [1.165, 1.54) is 56.9 Å². The second-order valence-electron chi connectivity index (χ2n) is 12.2. The van der Waals surface area contributed by atoms with Crippen LogP contribution in [-0.4, -0.2) is 11.2 Å². The van der Waals surface area contributed by atoms with Crippen LogP contribution in [0, 0.1) is 46.3 Å². The Balaban J connectivity index is 1.50. The molecule has 0 aromatic heterocycles. The monoisotopic (exact) mass is 398 g/mol. The lowest BCUT2D eigenvalue weighted by atomic mass is 9.47. The van der Waals surface area contributed by atoms with Gasteiger partial charge in [-0.1, -0.05) is 51.5 Å². The van der Waals surface area contributed by atoms with Gasteiger partial charge in [0.05, 0.1) is 6.10 Å². The summed E-state index contributed by atoms with van der Waals surface area (Å²) in [4.78, 5) is 0. The lowest BCUT2D eigenvalue weighted by Crippen LogP contribution is -2.49. The highest BCUT2D eigenvalue weighted by molar-refractivity contribution is 5.27. The number of aliphatic hydroxyl groups excluding tert-OH is 1. The summed E-state index contributed by atoms with van der Waals surface area (Å²) in [5, 5.41) is 10.2. The van der Waals surface area contributed by atoms with Crippen molar-refractivity contribution in [1.29, 1.82) is 0 Å². The number of hydrogen-bond donors (Lipinski definition) is 1. The van der Waals surface area contributed by atoms with Gasteiger partial charge in [-0.3, -0.25) is 0 Å². The largest absolute Gasteiger partial charge is 0.393 e. The molecule has 0 aliphatic heterocycles. The van der Waals surface area contributed by atoms with Gasteiger partial charge in [-0.2, -0.15) is 0 Å². The van der Waals surface area contributed by atoms with E-state index in [-0.39, 0.29) is 6.10 Å². The molecule has 0 radical (unpaired) electrons. The molecule has 3 saturated carbocycles. The Morgan fingerprint density at radius 1 is 1.07 bits per heavy atom. The van der Waals surface area contributed by atoms with Gasteiger partial charge in [-0.25, -0.2) is 0 Å². The van der Waals surface area contributed by atoms with Crippen LogP contribution >= 0.6 is 0 Å². The third kappa shape index (κ3) is 3.58. The standard InChI is InChI=1S/C28H46O/c1-18(2)19(3)7-8-20(4)24-11-12-25-23-10-9-21-17-22(29)13-15-27(21,5)26(23)14-16-28(24,25)6/h10,19-22,24-26,29H,1,7-9,11-17H2,2-6H3/t19-,20?,21?,22?,24?,25?,26?,27?,28?/m0/s1. The molecular weight excluding hydrogens is 352 g/mol. The molecule has 0 heterocycles. The number of aliphatic hydroxyl groups is 1. The minimum atomic E-state index is -0.0461. The maximum Gasteiger partial charge on any atom is 0.0543 e. The zero-order chi connectivity index (χ0) is 21.0. The van der Waals surface area contributed by atoms with E-state index >= 15 is 0 Å². The molecule has 0 bridgehead atoms. The molecule has 8 unspecified atom stereocenters. The van der Waals surface area contributed by atoms with Gasteiger partial charge in [0.25, 0.3) is 0 Å². The molecule has 0 aromatic carbocycles. The Bertz CT molecular complexity index is 661. The van der Waals surface area contributed by atoms with Crippen molar-refractivity contribution in [1.82, 2.24) is 0 Å². The molecular formula is C28H46O. The van der Waals surface area contributed by atoms with E-state index in [0.717, 1.165) is 36.5 Å². The molecule has 1 N–H and O–H groups in total. The van der Waals surface area contributed by atoms with Crippen LogP contribution in [0.15, 0.2) is 23.8 Å². The van der Waals surface area contributed by atoms with Crippen LogP contribution in [-0.2, 0) is 0 Å². The first kappa shape index (κ1) is 21.7. The molecule has 4 aliphatic rings. The van der Waals surface area contributed by atoms with Gasteiger partial charge in [0, 0.05) is 0 Å². The quantitative estimate of drug-likeness (QED) is 0.474. The fraction of sp³-hybridized carbons (Fsp3) is 0.857. The van der Waals surface area contributed by atoms with Crippen LogP contribution in [0.2, 0.25) is 0 Å². The highest BCUT2D eigenvalue weighted by atomic mass is 16.3. The molecule has 4 aliphatic carbocycles. The average molecular weight is 399 g/mol. The van der Waals surface area contributed by atoms with E-state index in [4.69, 9.17) is 0 Å². The van der Waals surface area contributed by atoms with Crippen LogP contribution in [0.5, 0.6) is 0 Å². The summed E-state index contributed by atoms with van der Waals surface area (Å²) in [5.41, 5.74) is 4.18. The predicted molar refractivity (Wildman–Crippen MR) is 124 cm³/mol. The smallest absolute Gasteiger partial charge is 0.0543 e. The molecule has 29 heavy (non-hydrogen) atoms. The number of fused-ring (bicyclic) bond motifs is 5. The molecule has 3 fully saturated rings. The van der Waals surface area contributed by atoms with Gasteiger partial charge < -0.3 is 5.11 Å². The van der Waals surface area contributed by atoms with Crippen molar-refractivity contribution >= 4 is 0 Å². The molecule has 0 amide bonds. The van der Waals surface area contributed by atoms with Crippen molar-refractivity contribution in [3.8, 4) is 0 Å². The van der Waals surface area contributed by atoms with Gasteiger partial charge in [0.1, 0.15) is 0 Å². The van der Waals surface area contributed by atoms with Crippen molar-refractivity contribution in [2.24, 2.45) is 46.3 Å². The highest BCUT2D eigenvalue weighted by Gasteiger charge is 2.58. The molecule has 164 valence electrons. The Morgan fingerprint density at radius 3 is 2.48 bits per heavy atom. The first-order valence-electron chi connectivity index (χ1n) is 12.7. The normalized spacial score (nSPS) is 46.1. The SMILES string of the molecule is C=C(C)[C@@H](C)CCC(C)C1CCC2C3=CCC4CC(O)CCC4(C)C3CCC21C. The summed E-state index contributed by atoms with van der Waals surface area (Å²) < 4.78 is 0. The number of rotatable bonds is 5. The number of hydrogen-bond acceptors (Lipinski definition) is 1. The van der Waals surface area contributed by atoms with Gasteiger partial charge in [0.15, 0.2) is 0 Å². The molecule has 0 spiro atoms. The summed E-state index contributed by atoms with van der Waals surface area (Å²) in [6.45, 7) is 16.5. The minimum Gasteiger partial charge on any atom is -0.393 e. The Labute approximate surface area is 180 Å². The van der Waals surface area contributed by atoms with Crippen LogP contribution < -0.4 is 0 Å². The third-order valence-electron chi connectivity index (χ3n) is 10.7. The minimum absolute atomic E-state index is 0.0461. The summed E-state index contributed by atoms with van der Waals surface area (Å²) in [6.07, 6.45) is 15.5. The van der Waals surface area contributed by atoms with E-state index < -0.39 is 0 Å². The topological polar surface area (TPSA) is 20.2 Å². The van der Waals surface area contributed by atoms with Gasteiger partial charge >= 0.3 is 0 Å². The lowest BCUT2D eigenvalue weighted by molar-refractivity contribution is -0.0428. The first-order valence-corrected chi connectivity index (χ1v) is 12.7. The Hall–Kier alpha value is -0.560. The summed E-state index contributed by atoms with van der Waals surface area (Å²) in [5.74, 6) is 4.73. The van der Waals surface area contributed by atoms with Crippen molar-refractivity contribution in [3.05, 3.63) is 23.8 Å². The fourth-order valence-corrected chi connectivity index (χ4v) is 8.43. The van der Waals surface area contributed by atoms with E-state index in [0.29, 0.717) is 22.7 Å². The fourth-order valence-electron chi connectivity index (χ4n) is 8.43. The molecule has 1 heteroatoms. The maximum absolute atomic E-state index is 10.2. The van der Waals surface area contributed by atoms with Crippen LogP contribution in [0.25, 0.3) is 0 Å². The molecule has 0 saturated heterocycles. The van der Waals surface area contributed by atoms with Crippen molar-refractivity contribution < 1.29 is 5.11 Å². The van der Waals surface area contributed by atoms with Crippen LogP contribution in [0.4, 0.5) is 0 Å². The zero-order valence-electron chi connectivity index (χ0n) is 19.8.